The van der Waals surface area contributed by atoms with Gasteiger partial charge in [0, 0.05) is 12.6 Å². The molecule has 1 fully saturated rings. The number of aromatic nitrogens is 2. The van der Waals surface area contributed by atoms with Gasteiger partial charge in [-0.2, -0.15) is 5.10 Å². The number of carbonyl (C=O) groups excluding carboxylic acids is 1. The molecule has 0 unspecified atom stereocenters. The van der Waals surface area contributed by atoms with Gasteiger partial charge in [0.05, 0.1) is 15.2 Å². The van der Waals surface area contributed by atoms with Crippen molar-refractivity contribution >= 4 is 32.6 Å². The van der Waals surface area contributed by atoms with E-state index in [1.165, 1.54) is 12.1 Å². The van der Waals surface area contributed by atoms with E-state index in [1.54, 1.807) is 0 Å². The van der Waals surface area contributed by atoms with Gasteiger partial charge in [-0.15, -0.1) is 0 Å². The maximum atomic E-state index is 14.3. The number of likely N-dealkylation sites (tertiary alicyclic amines) is 1. The molecule has 1 N–H and O–H groups in total. The molecule has 152 valence electrons. The number of benzene rings is 1. The Kier molecular flexibility index (Phi) is 6.39. The average Bonchev–Trinajstić information content (AvgIpc) is 2.66. The number of hydrogen-bond donors (Lipinski definition) is 1. The number of nitrogens with zero attached hydrogens (tertiary/aromatic N) is 3. The maximum Gasteiger partial charge on any atom is 0.282 e. The summed E-state index contributed by atoms with van der Waals surface area (Å²) in [6.07, 6.45) is -1.35. The highest BCUT2D eigenvalue weighted by atomic mass is 79.9. The summed E-state index contributed by atoms with van der Waals surface area (Å²) in [5, 5.41) is 5.64. The van der Waals surface area contributed by atoms with Crippen molar-refractivity contribution < 1.29 is 18.0 Å². The van der Waals surface area contributed by atoms with Crippen LogP contribution in [0.2, 0.25) is 0 Å². The van der Waals surface area contributed by atoms with E-state index < -0.39 is 41.3 Å². The Labute approximate surface area is 167 Å². The van der Waals surface area contributed by atoms with E-state index in [0.717, 1.165) is 25.9 Å². The number of fused-ring (bicyclic) bond motifs is 1. The summed E-state index contributed by atoms with van der Waals surface area (Å²) in [5.41, 5.74) is -1.66. The number of halogens is 4. The molecule has 1 atom stereocenters. The molecular formula is C18H20BrF3N4O2. The van der Waals surface area contributed by atoms with Crippen LogP contribution in [0.4, 0.5) is 13.2 Å². The fraction of sp³-hybridized carbons (Fsp3) is 0.500. The van der Waals surface area contributed by atoms with Crippen LogP contribution < -0.4 is 10.9 Å². The van der Waals surface area contributed by atoms with Gasteiger partial charge in [-0.05, 0) is 54.0 Å². The van der Waals surface area contributed by atoms with Crippen molar-refractivity contribution in [1.29, 1.82) is 0 Å². The Morgan fingerprint density at radius 3 is 2.86 bits per heavy atom. The third-order valence-electron chi connectivity index (χ3n) is 4.86. The minimum absolute atomic E-state index is 0.0450. The van der Waals surface area contributed by atoms with Gasteiger partial charge < -0.3 is 10.2 Å². The molecule has 1 amide bonds. The molecule has 2 aromatic rings. The first-order valence-electron chi connectivity index (χ1n) is 9.00. The Morgan fingerprint density at radius 1 is 1.43 bits per heavy atom. The first-order valence-corrected chi connectivity index (χ1v) is 9.79. The van der Waals surface area contributed by atoms with Gasteiger partial charge in [0.1, 0.15) is 18.1 Å². The summed E-state index contributed by atoms with van der Waals surface area (Å²) in [4.78, 5) is 27.1. The third kappa shape index (κ3) is 4.22. The summed E-state index contributed by atoms with van der Waals surface area (Å²) in [7, 11) is 0. The van der Waals surface area contributed by atoms with E-state index in [4.69, 9.17) is 0 Å². The number of nitrogens with one attached hydrogen (secondary N) is 1. The van der Waals surface area contributed by atoms with Crippen LogP contribution in [-0.4, -0.2) is 46.3 Å². The second-order valence-corrected chi connectivity index (χ2v) is 7.59. The molecule has 0 spiro atoms. The maximum absolute atomic E-state index is 14.3. The zero-order valence-electron chi connectivity index (χ0n) is 15.2. The lowest BCUT2D eigenvalue weighted by molar-refractivity contribution is -0.123. The van der Waals surface area contributed by atoms with E-state index in [1.807, 2.05) is 6.92 Å². The summed E-state index contributed by atoms with van der Waals surface area (Å²) >= 11 is 2.92. The van der Waals surface area contributed by atoms with Gasteiger partial charge in [0.2, 0.25) is 5.91 Å². The predicted octanol–water partition coefficient (Wildman–Crippen LogP) is 2.84. The standard InChI is InChI=1S/C18H20BrF3N4O2/c1-2-25-7-3-4-10(8-25)23-13(27)9-26-18(28)11-5-6-12(19)15(20)14(11)16(24-26)17(21)22/h5-6,10,17H,2-4,7-9H2,1H3,(H,23,27)/t10-/m0/s1. The number of rotatable bonds is 5. The Balaban J connectivity index is 1.89. The van der Waals surface area contributed by atoms with Crippen LogP contribution in [0.5, 0.6) is 0 Å². The van der Waals surface area contributed by atoms with Crippen molar-refractivity contribution in [1.82, 2.24) is 20.0 Å². The fourth-order valence-electron chi connectivity index (χ4n) is 3.47. The van der Waals surface area contributed by atoms with E-state index in [9.17, 15) is 22.8 Å². The predicted molar refractivity (Wildman–Crippen MR) is 102 cm³/mol. The Morgan fingerprint density at radius 2 is 2.18 bits per heavy atom. The minimum Gasteiger partial charge on any atom is -0.350 e. The molecule has 3 rings (SSSR count). The molecule has 1 saturated heterocycles. The lowest BCUT2D eigenvalue weighted by Crippen LogP contribution is -2.48. The van der Waals surface area contributed by atoms with Gasteiger partial charge >= 0.3 is 0 Å². The highest BCUT2D eigenvalue weighted by Crippen LogP contribution is 2.29. The second kappa shape index (κ2) is 8.60. The number of piperidine rings is 1. The van der Waals surface area contributed by atoms with Crippen LogP contribution >= 0.6 is 15.9 Å². The molecular weight excluding hydrogens is 441 g/mol. The molecule has 0 bridgehead atoms. The average molecular weight is 461 g/mol. The molecule has 0 saturated carbocycles. The smallest absolute Gasteiger partial charge is 0.282 e. The number of alkyl halides is 2. The van der Waals surface area contributed by atoms with Crippen LogP contribution in [0.25, 0.3) is 10.8 Å². The van der Waals surface area contributed by atoms with Crippen molar-refractivity contribution in [3.63, 3.8) is 0 Å². The summed E-state index contributed by atoms with van der Waals surface area (Å²) in [6, 6.07) is 2.44. The monoisotopic (exact) mass is 460 g/mol. The normalized spacial score (nSPS) is 18.0. The van der Waals surface area contributed by atoms with E-state index in [2.05, 4.69) is 31.2 Å². The lowest BCUT2D eigenvalue weighted by Gasteiger charge is -2.32. The Hall–Kier alpha value is -1.94. The van der Waals surface area contributed by atoms with Crippen molar-refractivity contribution in [2.45, 2.75) is 38.8 Å². The molecule has 1 aromatic carbocycles. The van der Waals surface area contributed by atoms with E-state index in [-0.39, 0.29) is 15.9 Å². The van der Waals surface area contributed by atoms with Crippen molar-refractivity contribution in [2.24, 2.45) is 0 Å². The van der Waals surface area contributed by atoms with Crippen molar-refractivity contribution in [3.8, 4) is 0 Å². The van der Waals surface area contributed by atoms with Crippen LogP contribution in [0.1, 0.15) is 31.9 Å². The molecule has 0 radical (unpaired) electrons. The first kappa shape index (κ1) is 20.8. The number of carbonyl (C=O) groups is 1. The quantitative estimate of drug-likeness (QED) is 0.744. The summed E-state index contributed by atoms with van der Waals surface area (Å²) < 4.78 is 41.8. The van der Waals surface area contributed by atoms with Crippen LogP contribution in [0.15, 0.2) is 21.4 Å². The molecule has 6 nitrogen and oxygen atoms in total. The largest absolute Gasteiger partial charge is 0.350 e. The van der Waals surface area contributed by atoms with Crippen molar-refractivity contribution in [2.75, 3.05) is 19.6 Å². The zero-order valence-corrected chi connectivity index (χ0v) is 16.8. The Bertz CT molecular complexity index is 951. The summed E-state index contributed by atoms with van der Waals surface area (Å²) in [6.45, 7) is 4.06. The molecule has 0 aliphatic carbocycles. The third-order valence-corrected chi connectivity index (χ3v) is 5.47. The van der Waals surface area contributed by atoms with E-state index >= 15 is 0 Å². The topological polar surface area (TPSA) is 67.2 Å². The number of likely N-dealkylation sites (N-methyl/N-ethyl adjacent to an activating group) is 1. The van der Waals surface area contributed by atoms with Crippen LogP contribution in [-0.2, 0) is 11.3 Å². The molecule has 28 heavy (non-hydrogen) atoms. The lowest BCUT2D eigenvalue weighted by atomic mass is 10.1. The molecule has 1 aromatic heterocycles. The van der Waals surface area contributed by atoms with Gasteiger partial charge in [-0.1, -0.05) is 6.92 Å². The molecule has 10 heteroatoms. The molecule has 2 heterocycles. The zero-order chi connectivity index (χ0) is 20.4. The fourth-order valence-corrected chi connectivity index (χ4v) is 3.80. The van der Waals surface area contributed by atoms with Gasteiger partial charge in [-0.3, -0.25) is 9.59 Å². The molecule has 1 aliphatic rings. The van der Waals surface area contributed by atoms with E-state index in [0.29, 0.717) is 11.2 Å². The van der Waals surface area contributed by atoms with Gasteiger partial charge in [-0.25, -0.2) is 17.9 Å². The van der Waals surface area contributed by atoms with Gasteiger partial charge in [0.15, 0.2) is 0 Å². The SMILES string of the molecule is CCN1CCC[C@H](NC(=O)Cn2nc(C(F)F)c3c(F)c(Br)ccc3c2=O)C1. The summed E-state index contributed by atoms with van der Waals surface area (Å²) in [5.74, 6) is -1.47. The van der Waals surface area contributed by atoms with Crippen molar-refractivity contribution in [3.05, 3.63) is 38.5 Å². The number of hydrogen-bond acceptors (Lipinski definition) is 4. The number of amides is 1. The molecule has 1 aliphatic heterocycles. The van der Waals surface area contributed by atoms with Crippen LogP contribution in [0, 0.1) is 5.82 Å². The second-order valence-electron chi connectivity index (χ2n) is 6.73. The highest BCUT2D eigenvalue weighted by molar-refractivity contribution is 9.10. The van der Waals surface area contributed by atoms with Gasteiger partial charge in [0.25, 0.3) is 12.0 Å². The minimum atomic E-state index is -3.10. The van der Waals surface area contributed by atoms with Crippen LogP contribution in [0.3, 0.4) is 0 Å². The first-order chi connectivity index (χ1) is 13.3. The highest BCUT2D eigenvalue weighted by Gasteiger charge is 2.24.